The number of sulfonamides is 1. The predicted molar refractivity (Wildman–Crippen MR) is 116 cm³/mol. The number of piperazine rings is 1. The Morgan fingerprint density at radius 2 is 1.53 bits per heavy atom. The summed E-state index contributed by atoms with van der Waals surface area (Å²) in [6.07, 6.45) is 0. The third-order valence-corrected chi connectivity index (χ3v) is 7.63. The maximum absolute atomic E-state index is 13.1. The van der Waals surface area contributed by atoms with Gasteiger partial charge in [-0.1, -0.05) is 0 Å². The first-order valence-corrected chi connectivity index (χ1v) is 11.2. The molecule has 1 fully saturated rings. The number of non-ortho nitro benzene ring substituents is 1. The zero-order valence-electron chi connectivity index (χ0n) is 17.5. The fraction of sp³-hybridized carbons (Fsp3) is 0.300. The number of hydrogen-bond acceptors (Lipinski definition) is 6. The van der Waals surface area contributed by atoms with Crippen LogP contribution in [0.1, 0.15) is 10.4 Å². The van der Waals surface area contributed by atoms with E-state index >= 15 is 0 Å². The van der Waals surface area contributed by atoms with Crippen molar-refractivity contribution in [2.24, 2.45) is 14.1 Å². The molecule has 1 aliphatic heterocycles. The Kier molecular flexibility index (Phi) is 5.34. The van der Waals surface area contributed by atoms with Crippen molar-refractivity contribution in [3.8, 4) is 0 Å². The van der Waals surface area contributed by atoms with Gasteiger partial charge in [0.05, 0.1) is 20.9 Å². The van der Waals surface area contributed by atoms with Gasteiger partial charge in [-0.05, 0) is 30.3 Å². The number of aromatic nitrogens is 2. The molecule has 11 nitrogen and oxygen atoms in total. The molecule has 2 aromatic carbocycles. The topological polar surface area (TPSA) is 128 Å². The number of fused-ring (bicyclic) bond motifs is 1. The summed E-state index contributed by atoms with van der Waals surface area (Å²) in [7, 11) is -0.595. The van der Waals surface area contributed by atoms with Crippen LogP contribution in [0.4, 0.5) is 5.69 Å². The lowest BCUT2D eigenvalue weighted by molar-refractivity contribution is -0.384. The van der Waals surface area contributed by atoms with Gasteiger partial charge in [0.15, 0.2) is 0 Å². The van der Waals surface area contributed by atoms with Gasteiger partial charge in [-0.3, -0.25) is 24.0 Å². The van der Waals surface area contributed by atoms with Gasteiger partial charge in [0.25, 0.3) is 11.6 Å². The number of carbonyl (C=O) groups is 1. The highest BCUT2D eigenvalue weighted by Gasteiger charge is 2.31. The van der Waals surface area contributed by atoms with E-state index in [0.717, 1.165) is 0 Å². The lowest BCUT2D eigenvalue weighted by Crippen LogP contribution is -2.50. The second kappa shape index (κ2) is 7.88. The van der Waals surface area contributed by atoms with E-state index < -0.39 is 14.9 Å². The minimum absolute atomic E-state index is 0.0846. The Balaban J connectivity index is 1.50. The normalized spacial score (nSPS) is 15.2. The van der Waals surface area contributed by atoms with Crippen molar-refractivity contribution in [2.45, 2.75) is 4.90 Å². The van der Waals surface area contributed by atoms with Crippen LogP contribution in [-0.2, 0) is 24.1 Å². The summed E-state index contributed by atoms with van der Waals surface area (Å²) in [5, 5.41) is 10.8. The number of aryl methyl sites for hydroxylation is 2. The van der Waals surface area contributed by atoms with Crippen molar-refractivity contribution in [1.29, 1.82) is 0 Å². The first-order chi connectivity index (χ1) is 15.1. The SMILES string of the molecule is Cn1c(=O)n(C)c2cc(S(=O)(=O)N3CCN(C(=O)c4ccc([N+](=O)[O-])cc4)CC3)ccc21. The Hall–Kier alpha value is -3.51. The number of nitrogens with zero attached hydrogens (tertiary/aromatic N) is 5. The molecule has 1 aromatic heterocycles. The van der Waals surface area contributed by atoms with Gasteiger partial charge in [0.1, 0.15) is 0 Å². The van der Waals surface area contributed by atoms with Crippen LogP contribution in [0.15, 0.2) is 52.2 Å². The minimum Gasteiger partial charge on any atom is -0.336 e. The maximum atomic E-state index is 13.1. The molecule has 0 bridgehead atoms. The highest BCUT2D eigenvalue weighted by atomic mass is 32.2. The predicted octanol–water partition coefficient (Wildman–Crippen LogP) is 0.932. The average molecular weight is 459 g/mol. The number of nitro groups is 1. The monoisotopic (exact) mass is 459 g/mol. The van der Waals surface area contributed by atoms with E-state index in [-0.39, 0.29) is 48.4 Å². The van der Waals surface area contributed by atoms with Gasteiger partial charge < -0.3 is 4.90 Å². The van der Waals surface area contributed by atoms with Crippen LogP contribution in [0.25, 0.3) is 11.0 Å². The molecule has 1 amide bonds. The number of rotatable bonds is 4. The van der Waals surface area contributed by atoms with Crippen LogP contribution in [0.5, 0.6) is 0 Å². The summed E-state index contributed by atoms with van der Waals surface area (Å²) in [6.45, 7) is 0.627. The van der Waals surface area contributed by atoms with Gasteiger partial charge in [-0.25, -0.2) is 13.2 Å². The molecule has 0 radical (unpaired) electrons. The standard InChI is InChI=1S/C20H21N5O6S/c1-21-17-8-7-16(13-18(17)22(2)20(21)27)32(30,31)24-11-9-23(10-12-24)19(26)14-3-5-15(6-4-14)25(28)29/h3-8,13H,9-12H2,1-2H3. The van der Waals surface area contributed by atoms with E-state index in [4.69, 9.17) is 0 Å². The quantitative estimate of drug-likeness (QED) is 0.422. The van der Waals surface area contributed by atoms with E-state index in [1.54, 1.807) is 20.2 Å². The van der Waals surface area contributed by atoms with Crippen molar-refractivity contribution in [3.63, 3.8) is 0 Å². The summed E-state index contributed by atoms with van der Waals surface area (Å²) >= 11 is 0. The Morgan fingerprint density at radius 1 is 0.938 bits per heavy atom. The highest BCUT2D eigenvalue weighted by molar-refractivity contribution is 7.89. The number of amides is 1. The summed E-state index contributed by atoms with van der Waals surface area (Å²) in [6, 6.07) is 9.89. The molecule has 0 atom stereocenters. The lowest BCUT2D eigenvalue weighted by atomic mass is 10.1. The fourth-order valence-electron chi connectivity index (χ4n) is 3.84. The molecule has 12 heteroatoms. The first kappa shape index (κ1) is 21.7. The van der Waals surface area contributed by atoms with Crippen LogP contribution in [0, 0.1) is 10.1 Å². The highest BCUT2D eigenvalue weighted by Crippen LogP contribution is 2.23. The number of nitro benzene ring substituents is 1. The first-order valence-electron chi connectivity index (χ1n) is 9.80. The fourth-order valence-corrected chi connectivity index (χ4v) is 5.28. The summed E-state index contributed by atoms with van der Waals surface area (Å²) in [5.74, 6) is -0.308. The third kappa shape index (κ3) is 3.56. The molecule has 3 aromatic rings. The Labute approximate surface area is 183 Å². The van der Waals surface area contributed by atoms with Gasteiger partial charge in [0, 0.05) is 58.0 Å². The molecule has 2 heterocycles. The van der Waals surface area contributed by atoms with Crippen molar-refractivity contribution >= 4 is 32.7 Å². The molecular weight excluding hydrogens is 438 g/mol. The molecule has 0 spiro atoms. The van der Waals surface area contributed by atoms with Crippen LogP contribution in [-0.4, -0.2) is 63.8 Å². The molecule has 0 saturated carbocycles. The maximum Gasteiger partial charge on any atom is 0.328 e. The van der Waals surface area contributed by atoms with E-state index in [1.165, 1.54) is 54.7 Å². The summed E-state index contributed by atoms with van der Waals surface area (Å²) < 4.78 is 30.5. The summed E-state index contributed by atoms with van der Waals surface area (Å²) in [4.78, 5) is 36.6. The van der Waals surface area contributed by atoms with Crippen LogP contribution in [0.3, 0.4) is 0 Å². The van der Waals surface area contributed by atoms with Gasteiger partial charge in [-0.2, -0.15) is 4.31 Å². The van der Waals surface area contributed by atoms with Gasteiger partial charge in [-0.15, -0.1) is 0 Å². The molecule has 168 valence electrons. The van der Waals surface area contributed by atoms with Crippen molar-refractivity contribution in [1.82, 2.24) is 18.3 Å². The lowest BCUT2D eigenvalue weighted by Gasteiger charge is -2.34. The van der Waals surface area contributed by atoms with E-state index in [9.17, 15) is 28.1 Å². The van der Waals surface area contributed by atoms with Gasteiger partial charge in [0.2, 0.25) is 10.0 Å². The van der Waals surface area contributed by atoms with E-state index in [0.29, 0.717) is 16.6 Å². The zero-order chi connectivity index (χ0) is 23.2. The Morgan fingerprint density at radius 3 is 2.12 bits per heavy atom. The second-order valence-corrected chi connectivity index (χ2v) is 9.49. The number of hydrogen-bond donors (Lipinski definition) is 0. The second-order valence-electron chi connectivity index (χ2n) is 7.55. The van der Waals surface area contributed by atoms with E-state index in [1.807, 2.05) is 0 Å². The largest absolute Gasteiger partial charge is 0.336 e. The molecule has 1 saturated heterocycles. The van der Waals surface area contributed by atoms with Crippen LogP contribution < -0.4 is 5.69 Å². The molecule has 4 rings (SSSR count). The molecule has 0 aliphatic carbocycles. The zero-order valence-corrected chi connectivity index (χ0v) is 18.3. The molecular formula is C20H21N5O6S. The van der Waals surface area contributed by atoms with Crippen molar-refractivity contribution < 1.29 is 18.1 Å². The number of benzene rings is 2. The molecule has 32 heavy (non-hydrogen) atoms. The van der Waals surface area contributed by atoms with Crippen molar-refractivity contribution in [3.05, 3.63) is 68.6 Å². The van der Waals surface area contributed by atoms with Gasteiger partial charge >= 0.3 is 5.69 Å². The molecule has 1 aliphatic rings. The number of carbonyl (C=O) groups excluding carboxylic acids is 1. The van der Waals surface area contributed by atoms with E-state index in [2.05, 4.69) is 0 Å². The Bertz CT molecular complexity index is 1380. The van der Waals surface area contributed by atoms with Crippen LogP contribution >= 0.6 is 0 Å². The third-order valence-electron chi connectivity index (χ3n) is 5.73. The minimum atomic E-state index is -3.81. The smallest absolute Gasteiger partial charge is 0.328 e. The average Bonchev–Trinajstić information content (AvgIpc) is 3.02. The molecule has 0 N–H and O–H groups in total. The van der Waals surface area contributed by atoms with Crippen LogP contribution in [0.2, 0.25) is 0 Å². The summed E-state index contributed by atoms with van der Waals surface area (Å²) in [5.41, 5.74) is 1.11. The van der Waals surface area contributed by atoms with Crippen molar-refractivity contribution in [2.75, 3.05) is 26.2 Å². The molecule has 0 unspecified atom stereocenters. The number of imidazole rings is 1.